The SMILES string of the molecule is CN1C(=O)c2cc(C(=O)NCc3cccc(Br)c3)nn2C[C@@]1(C)C(=O)NCc1ccc(F)cc1. The van der Waals surface area contributed by atoms with Crippen molar-refractivity contribution in [2.75, 3.05) is 7.05 Å². The molecule has 8 nitrogen and oxygen atoms in total. The van der Waals surface area contributed by atoms with Crippen molar-refractivity contribution < 1.29 is 18.8 Å². The van der Waals surface area contributed by atoms with Gasteiger partial charge < -0.3 is 15.5 Å². The average molecular weight is 528 g/mol. The fraction of sp³-hybridized carbons (Fsp3) is 0.250. The van der Waals surface area contributed by atoms with Gasteiger partial charge in [0.2, 0.25) is 5.91 Å². The van der Waals surface area contributed by atoms with Crippen LogP contribution in [0.25, 0.3) is 0 Å². The summed E-state index contributed by atoms with van der Waals surface area (Å²) in [6.07, 6.45) is 0. The highest BCUT2D eigenvalue weighted by Crippen LogP contribution is 2.26. The summed E-state index contributed by atoms with van der Waals surface area (Å²) in [6.45, 7) is 2.21. The van der Waals surface area contributed by atoms with Gasteiger partial charge in [0, 0.05) is 30.7 Å². The summed E-state index contributed by atoms with van der Waals surface area (Å²) < 4.78 is 15.4. The number of carbonyl (C=O) groups is 3. The molecule has 0 saturated heterocycles. The third-order valence-electron chi connectivity index (χ3n) is 5.93. The van der Waals surface area contributed by atoms with Gasteiger partial charge in [-0.05, 0) is 42.3 Å². The Morgan fingerprint density at radius 1 is 1.09 bits per heavy atom. The molecule has 1 aromatic heterocycles. The van der Waals surface area contributed by atoms with Gasteiger partial charge in [0.15, 0.2) is 5.69 Å². The van der Waals surface area contributed by atoms with E-state index in [1.54, 1.807) is 26.1 Å². The Labute approximate surface area is 204 Å². The number of halogens is 2. The maximum absolute atomic E-state index is 13.1. The van der Waals surface area contributed by atoms with Gasteiger partial charge in [0.1, 0.15) is 17.1 Å². The molecule has 0 radical (unpaired) electrons. The van der Waals surface area contributed by atoms with Crippen LogP contribution in [0, 0.1) is 5.82 Å². The highest BCUT2D eigenvalue weighted by molar-refractivity contribution is 9.10. The van der Waals surface area contributed by atoms with E-state index in [1.165, 1.54) is 27.8 Å². The quantitative estimate of drug-likeness (QED) is 0.515. The minimum Gasteiger partial charge on any atom is -0.350 e. The van der Waals surface area contributed by atoms with Gasteiger partial charge in [-0.3, -0.25) is 19.1 Å². The average Bonchev–Trinajstić information content (AvgIpc) is 3.24. The minimum atomic E-state index is -1.22. The molecule has 0 aliphatic carbocycles. The highest BCUT2D eigenvalue weighted by atomic mass is 79.9. The number of nitrogens with zero attached hydrogens (tertiary/aromatic N) is 3. The van der Waals surface area contributed by atoms with Gasteiger partial charge >= 0.3 is 0 Å². The predicted molar refractivity (Wildman–Crippen MR) is 126 cm³/mol. The number of benzene rings is 2. The number of nitrogens with one attached hydrogen (secondary N) is 2. The van der Waals surface area contributed by atoms with E-state index in [1.807, 2.05) is 24.3 Å². The van der Waals surface area contributed by atoms with Crippen molar-refractivity contribution in [2.45, 2.75) is 32.1 Å². The monoisotopic (exact) mass is 527 g/mol. The first-order valence-electron chi connectivity index (χ1n) is 10.6. The molecule has 1 aliphatic heterocycles. The molecule has 3 amide bonds. The molecule has 3 aromatic rings. The molecule has 0 spiro atoms. The van der Waals surface area contributed by atoms with Crippen LogP contribution < -0.4 is 10.6 Å². The molecule has 0 bridgehead atoms. The largest absolute Gasteiger partial charge is 0.350 e. The number of likely N-dealkylation sites (N-methyl/N-ethyl adjacent to an activating group) is 1. The van der Waals surface area contributed by atoms with E-state index < -0.39 is 17.4 Å². The Hall–Kier alpha value is -3.53. The van der Waals surface area contributed by atoms with Gasteiger partial charge in [-0.15, -0.1) is 0 Å². The van der Waals surface area contributed by atoms with Crippen molar-refractivity contribution >= 4 is 33.7 Å². The number of carbonyl (C=O) groups excluding carboxylic acids is 3. The molecule has 0 unspecified atom stereocenters. The van der Waals surface area contributed by atoms with E-state index in [2.05, 4.69) is 31.7 Å². The number of hydrogen-bond donors (Lipinski definition) is 2. The summed E-state index contributed by atoms with van der Waals surface area (Å²) in [6, 6.07) is 14.8. The summed E-state index contributed by atoms with van der Waals surface area (Å²) in [5, 5.41) is 9.90. The highest BCUT2D eigenvalue weighted by Gasteiger charge is 2.46. The third-order valence-corrected chi connectivity index (χ3v) is 6.43. The lowest BCUT2D eigenvalue weighted by Gasteiger charge is -2.40. The second-order valence-corrected chi connectivity index (χ2v) is 9.25. The molecule has 10 heteroatoms. The lowest BCUT2D eigenvalue weighted by atomic mass is 9.96. The third kappa shape index (κ3) is 4.72. The van der Waals surface area contributed by atoms with Crippen molar-refractivity contribution in [3.05, 3.63) is 87.4 Å². The van der Waals surface area contributed by atoms with Crippen molar-refractivity contribution in [3.8, 4) is 0 Å². The topological polar surface area (TPSA) is 96.3 Å². The van der Waals surface area contributed by atoms with E-state index in [9.17, 15) is 18.8 Å². The second-order valence-electron chi connectivity index (χ2n) is 8.33. The zero-order valence-corrected chi connectivity index (χ0v) is 20.2. The van der Waals surface area contributed by atoms with E-state index in [0.717, 1.165) is 15.6 Å². The van der Waals surface area contributed by atoms with Crippen LogP contribution in [0.1, 0.15) is 39.0 Å². The maximum Gasteiger partial charge on any atom is 0.272 e. The van der Waals surface area contributed by atoms with Crippen molar-refractivity contribution in [3.63, 3.8) is 0 Å². The Balaban J connectivity index is 1.46. The first-order valence-corrected chi connectivity index (χ1v) is 11.4. The molecule has 176 valence electrons. The molecule has 2 N–H and O–H groups in total. The minimum absolute atomic E-state index is 0.0821. The van der Waals surface area contributed by atoms with Crippen molar-refractivity contribution in [1.29, 1.82) is 0 Å². The second kappa shape index (κ2) is 9.38. The van der Waals surface area contributed by atoms with E-state index in [0.29, 0.717) is 6.54 Å². The van der Waals surface area contributed by atoms with Crippen LogP contribution >= 0.6 is 15.9 Å². The fourth-order valence-electron chi connectivity index (χ4n) is 3.73. The molecule has 0 fully saturated rings. The molecule has 1 atom stereocenters. The molecule has 1 aliphatic rings. The van der Waals surface area contributed by atoms with Gasteiger partial charge in [-0.2, -0.15) is 5.10 Å². The molecule has 2 aromatic carbocycles. The zero-order valence-electron chi connectivity index (χ0n) is 18.6. The van der Waals surface area contributed by atoms with Crippen LogP contribution in [0.15, 0.2) is 59.1 Å². The van der Waals surface area contributed by atoms with Gasteiger partial charge in [0.05, 0.1) is 6.54 Å². The Bertz CT molecular complexity index is 1260. The lowest BCUT2D eigenvalue weighted by Crippen LogP contribution is -2.62. The van der Waals surface area contributed by atoms with E-state index in [-0.39, 0.29) is 36.2 Å². The van der Waals surface area contributed by atoms with Gasteiger partial charge in [-0.25, -0.2) is 4.39 Å². The maximum atomic E-state index is 13.1. The summed E-state index contributed by atoms with van der Waals surface area (Å²) in [5.41, 5.74) is 0.752. The molecule has 2 heterocycles. The van der Waals surface area contributed by atoms with Gasteiger partial charge in [-0.1, -0.05) is 40.2 Å². The van der Waals surface area contributed by atoms with E-state index >= 15 is 0 Å². The molecular weight excluding hydrogens is 505 g/mol. The summed E-state index contributed by atoms with van der Waals surface area (Å²) >= 11 is 3.40. The summed E-state index contributed by atoms with van der Waals surface area (Å²) in [5.74, 6) is -1.57. The standard InChI is InChI=1S/C24H23BrFN5O3/c1-24(23(34)28-12-15-6-8-18(26)9-7-15)14-31-20(22(33)30(24)2)11-19(29-31)21(32)27-13-16-4-3-5-17(25)10-16/h3-11H,12-14H2,1-2H3,(H,27,32)(H,28,34)/t24-/m0/s1. The smallest absolute Gasteiger partial charge is 0.272 e. The molecule has 4 rings (SSSR count). The lowest BCUT2D eigenvalue weighted by molar-refractivity contribution is -0.132. The Kier molecular flexibility index (Phi) is 6.52. The van der Waals surface area contributed by atoms with Crippen molar-refractivity contribution in [1.82, 2.24) is 25.3 Å². The van der Waals surface area contributed by atoms with Gasteiger partial charge in [0.25, 0.3) is 11.8 Å². The molecular formula is C24H23BrFN5O3. The van der Waals surface area contributed by atoms with Crippen LogP contribution in [-0.2, 0) is 24.4 Å². The number of fused-ring (bicyclic) bond motifs is 1. The predicted octanol–water partition coefficient (Wildman–Crippen LogP) is 2.88. The normalized spacial score (nSPS) is 17.3. The fourth-order valence-corrected chi connectivity index (χ4v) is 4.18. The first kappa shape index (κ1) is 23.6. The number of aromatic nitrogens is 2. The van der Waals surface area contributed by atoms with Crippen LogP contribution in [0.5, 0.6) is 0 Å². The van der Waals surface area contributed by atoms with Crippen LogP contribution in [-0.4, -0.2) is 45.0 Å². The van der Waals surface area contributed by atoms with Crippen LogP contribution in [0.4, 0.5) is 4.39 Å². The Morgan fingerprint density at radius 3 is 2.50 bits per heavy atom. The molecule has 0 saturated carbocycles. The Morgan fingerprint density at radius 2 is 1.79 bits per heavy atom. The number of amides is 3. The van der Waals surface area contributed by atoms with E-state index in [4.69, 9.17) is 0 Å². The first-order chi connectivity index (χ1) is 16.2. The zero-order chi connectivity index (χ0) is 24.5. The summed E-state index contributed by atoms with van der Waals surface area (Å²) in [4.78, 5) is 40.1. The van der Waals surface area contributed by atoms with Crippen LogP contribution in [0.3, 0.4) is 0 Å². The molecule has 34 heavy (non-hydrogen) atoms. The number of rotatable bonds is 6. The summed E-state index contributed by atoms with van der Waals surface area (Å²) in [7, 11) is 1.54. The van der Waals surface area contributed by atoms with Crippen LogP contribution in [0.2, 0.25) is 0 Å². The number of hydrogen-bond acceptors (Lipinski definition) is 4. The van der Waals surface area contributed by atoms with Crippen molar-refractivity contribution in [2.24, 2.45) is 0 Å².